The molecule has 1 fully saturated rings. The maximum atomic E-state index is 13.1. The summed E-state index contributed by atoms with van der Waals surface area (Å²) in [6.45, 7) is 2.32. The highest BCUT2D eigenvalue weighted by atomic mass is 32.1. The van der Waals surface area contributed by atoms with Crippen molar-refractivity contribution < 1.29 is 9.53 Å². The molecule has 1 saturated heterocycles. The molecule has 8 heteroatoms. The van der Waals surface area contributed by atoms with Gasteiger partial charge in [-0.15, -0.1) is 11.3 Å². The van der Waals surface area contributed by atoms with E-state index in [0.29, 0.717) is 6.54 Å². The van der Waals surface area contributed by atoms with Crippen molar-refractivity contribution in [1.29, 1.82) is 0 Å². The van der Waals surface area contributed by atoms with Crippen LogP contribution in [0.3, 0.4) is 0 Å². The Kier molecular flexibility index (Phi) is 5.26. The Labute approximate surface area is 179 Å². The summed E-state index contributed by atoms with van der Waals surface area (Å²) in [7, 11) is 1.91. The second-order valence-electron chi connectivity index (χ2n) is 7.94. The quantitative estimate of drug-likeness (QED) is 0.680. The van der Waals surface area contributed by atoms with Gasteiger partial charge in [0.2, 0.25) is 5.91 Å². The highest BCUT2D eigenvalue weighted by molar-refractivity contribution is 7.13. The summed E-state index contributed by atoms with van der Waals surface area (Å²) in [6, 6.07) is 5.78. The fraction of sp³-hybridized carbons (Fsp3) is 0.409. The van der Waals surface area contributed by atoms with Crippen LogP contribution in [0, 0.1) is 0 Å². The Bertz CT molecular complexity index is 1060. The molecule has 5 rings (SSSR count). The fourth-order valence-corrected chi connectivity index (χ4v) is 5.01. The number of amides is 1. The fourth-order valence-electron chi connectivity index (χ4n) is 4.22. The van der Waals surface area contributed by atoms with E-state index in [1.54, 1.807) is 16.0 Å². The number of ether oxygens (including phenoxy) is 1. The van der Waals surface area contributed by atoms with E-state index in [4.69, 9.17) is 9.72 Å². The second-order valence-corrected chi connectivity index (χ2v) is 8.80. The zero-order chi connectivity index (χ0) is 20.5. The number of piperidine rings is 1. The third-order valence-corrected chi connectivity index (χ3v) is 6.68. The maximum absolute atomic E-state index is 13.1. The van der Waals surface area contributed by atoms with Crippen LogP contribution in [0.15, 0.2) is 36.0 Å². The first kappa shape index (κ1) is 19.3. The molecule has 30 heavy (non-hydrogen) atoms. The number of anilines is 1. The number of likely N-dealkylation sites (tertiary alicyclic amines) is 1. The Morgan fingerprint density at radius 3 is 3.17 bits per heavy atom. The summed E-state index contributed by atoms with van der Waals surface area (Å²) in [6.07, 6.45) is 7.77. The molecular weight excluding hydrogens is 398 g/mol. The highest BCUT2D eigenvalue weighted by Gasteiger charge is 2.29. The first-order chi connectivity index (χ1) is 14.7. The van der Waals surface area contributed by atoms with Crippen molar-refractivity contribution in [3.8, 4) is 16.3 Å². The lowest BCUT2D eigenvalue weighted by Crippen LogP contribution is -2.46. The van der Waals surface area contributed by atoms with Gasteiger partial charge in [0.1, 0.15) is 10.8 Å². The largest absolute Gasteiger partial charge is 0.493 e. The molecule has 0 bridgehead atoms. The standard InChI is InChI=1S/C22H25N5O2S/c1-26-12-16(11-23-26)22-25-18(14-30-22)13-27-8-3-2-4-19(27)21(28)24-17-5-6-20-15(10-17)7-9-29-20/h5-6,10-12,14,19H,2-4,7-9,13H2,1H3,(H,24,28)/t19-/m1/s1. The van der Waals surface area contributed by atoms with Crippen molar-refractivity contribution in [2.24, 2.45) is 7.05 Å². The van der Waals surface area contributed by atoms with E-state index in [0.717, 1.165) is 66.5 Å². The topological polar surface area (TPSA) is 72.3 Å². The molecule has 1 atom stereocenters. The third-order valence-electron chi connectivity index (χ3n) is 5.74. The Morgan fingerprint density at radius 2 is 2.30 bits per heavy atom. The van der Waals surface area contributed by atoms with E-state index in [1.807, 2.05) is 37.6 Å². The Balaban J connectivity index is 1.27. The predicted octanol–water partition coefficient (Wildman–Crippen LogP) is 3.47. The van der Waals surface area contributed by atoms with Crippen molar-refractivity contribution in [2.75, 3.05) is 18.5 Å². The van der Waals surface area contributed by atoms with Crippen molar-refractivity contribution in [2.45, 2.75) is 38.3 Å². The number of aromatic nitrogens is 3. The van der Waals surface area contributed by atoms with Gasteiger partial charge in [0.25, 0.3) is 0 Å². The second kappa shape index (κ2) is 8.20. The number of benzene rings is 1. The number of carbonyl (C=O) groups excluding carboxylic acids is 1. The molecule has 1 aromatic carbocycles. The number of hydrogen-bond donors (Lipinski definition) is 1. The van der Waals surface area contributed by atoms with Gasteiger partial charge in [-0.2, -0.15) is 5.10 Å². The van der Waals surface area contributed by atoms with Gasteiger partial charge in [0, 0.05) is 42.8 Å². The molecule has 0 unspecified atom stereocenters. The third kappa shape index (κ3) is 3.97. The molecule has 2 aliphatic heterocycles. The summed E-state index contributed by atoms with van der Waals surface area (Å²) in [5, 5.41) is 10.4. The lowest BCUT2D eigenvalue weighted by Gasteiger charge is -2.34. The van der Waals surface area contributed by atoms with Crippen LogP contribution in [0.2, 0.25) is 0 Å². The number of hydrogen-bond acceptors (Lipinski definition) is 6. The number of carbonyl (C=O) groups is 1. The SMILES string of the molecule is Cn1cc(-c2nc(CN3CCCC[C@@H]3C(=O)Nc3ccc4c(c3)CCO4)cs2)cn1. The average Bonchev–Trinajstić information content (AvgIpc) is 3.49. The summed E-state index contributed by atoms with van der Waals surface area (Å²) < 4.78 is 7.35. The molecule has 3 aromatic rings. The molecule has 1 amide bonds. The molecule has 2 aliphatic rings. The Morgan fingerprint density at radius 1 is 1.37 bits per heavy atom. The minimum Gasteiger partial charge on any atom is -0.493 e. The van der Waals surface area contributed by atoms with Crippen LogP contribution in [0.25, 0.3) is 10.6 Å². The zero-order valence-electron chi connectivity index (χ0n) is 17.0. The summed E-state index contributed by atoms with van der Waals surface area (Å²) in [5.74, 6) is 0.997. The van der Waals surface area contributed by atoms with Crippen molar-refractivity contribution in [3.63, 3.8) is 0 Å². The number of nitrogens with one attached hydrogen (secondary N) is 1. The summed E-state index contributed by atoms with van der Waals surface area (Å²) in [5.41, 5.74) is 4.05. The molecule has 1 N–H and O–H groups in total. The molecule has 0 saturated carbocycles. The minimum atomic E-state index is -0.133. The number of nitrogens with zero attached hydrogens (tertiary/aromatic N) is 4. The van der Waals surface area contributed by atoms with Crippen molar-refractivity contribution in [1.82, 2.24) is 19.7 Å². The van der Waals surface area contributed by atoms with Gasteiger partial charge in [0.05, 0.1) is 24.5 Å². The minimum absolute atomic E-state index is 0.0660. The number of rotatable bonds is 5. The summed E-state index contributed by atoms with van der Waals surface area (Å²) >= 11 is 1.62. The molecule has 0 radical (unpaired) electrons. The van der Waals surface area contributed by atoms with E-state index in [1.165, 1.54) is 5.56 Å². The van der Waals surface area contributed by atoms with E-state index in [2.05, 4.69) is 20.7 Å². The first-order valence-corrected chi connectivity index (χ1v) is 11.3. The normalized spacial score (nSPS) is 18.8. The molecule has 2 aromatic heterocycles. The van der Waals surface area contributed by atoms with Crippen LogP contribution >= 0.6 is 11.3 Å². The van der Waals surface area contributed by atoms with Crippen molar-refractivity contribution >= 4 is 22.9 Å². The molecule has 7 nitrogen and oxygen atoms in total. The molecule has 4 heterocycles. The Hall–Kier alpha value is -2.71. The maximum Gasteiger partial charge on any atom is 0.241 e. The van der Waals surface area contributed by atoms with E-state index in [9.17, 15) is 4.79 Å². The zero-order valence-corrected chi connectivity index (χ0v) is 17.8. The molecular formula is C22H25N5O2S. The lowest BCUT2D eigenvalue weighted by atomic mass is 10.0. The smallest absolute Gasteiger partial charge is 0.241 e. The molecule has 156 valence electrons. The van der Waals surface area contributed by atoms with Gasteiger partial charge in [0.15, 0.2) is 0 Å². The van der Waals surface area contributed by atoms with Gasteiger partial charge < -0.3 is 10.1 Å². The number of aryl methyl sites for hydroxylation is 1. The van der Waals surface area contributed by atoms with Crippen LogP contribution < -0.4 is 10.1 Å². The van der Waals surface area contributed by atoms with Crippen LogP contribution in [-0.2, 0) is 24.8 Å². The van der Waals surface area contributed by atoms with E-state index >= 15 is 0 Å². The van der Waals surface area contributed by atoms with Gasteiger partial charge in [-0.1, -0.05) is 6.42 Å². The number of fused-ring (bicyclic) bond motifs is 1. The molecule has 0 aliphatic carbocycles. The average molecular weight is 424 g/mol. The summed E-state index contributed by atoms with van der Waals surface area (Å²) in [4.78, 5) is 20.1. The highest BCUT2D eigenvalue weighted by Crippen LogP contribution is 2.29. The predicted molar refractivity (Wildman–Crippen MR) is 117 cm³/mol. The van der Waals surface area contributed by atoms with E-state index < -0.39 is 0 Å². The number of thiazole rings is 1. The van der Waals surface area contributed by atoms with Crippen LogP contribution in [0.1, 0.15) is 30.5 Å². The molecule has 0 spiro atoms. The van der Waals surface area contributed by atoms with E-state index in [-0.39, 0.29) is 11.9 Å². The van der Waals surface area contributed by atoms with Crippen LogP contribution in [-0.4, -0.2) is 44.8 Å². The lowest BCUT2D eigenvalue weighted by molar-refractivity contribution is -0.122. The first-order valence-electron chi connectivity index (χ1n) is 10.4. The monoisotopic (exact) mass is 423 g/mol. The van der Waals surface area contributed by atoms with Crippen LogP contribution in [0.5, 0.6) is 5.75 Å². The van der Waals surface area contributed by atoms with Gasteiger partial charge in [-0.3, -0.25) is 14.4 Å². The van der Waals surface area contributed by atoms with Gasteiger partial charge >= 0.3 is 0 Å². The van der Waals surface area contributed by atoms with Crippen LogP contribution in [0.4, 0.5) is 5.69 Å². The van der Waals surface area contributed by atoms with Gasteiger partial charge in [-0.05, 0) is 43.1 Å². The van der Waals surface area contributed by atoms with Crippen molar-refractivity contribution in [3.05, 3.63) is 47.2 Å². The van der Waals surface area contributed by atoms with Gasteiger partial charge in [-0.25, -0.2) is 4.98 Å².